The molecule has 0 fully saturated rings. The molecule has 1 aromatic heterocycles. The number of carbonyl (C=O) groups is 1. The Morgan fingerprint density at radius 1 is 1.17 bits per heavy atom. The summed E-state index contributed by atoms with van der Waals surface area (Å²) in [7, 11) is -2.34. The summed E-state index contributed by atoms with van der Waals surface area (Å²) < 4.78 is 58.6. The molecule has 0 unspecified atom stereocenters. The largest absolute Gasteiger partial charge is 0.441 e. The van der Waals surface area contributed by atoms with Crippen molar-refractivity contribution in [2.45, 2.75) is 24.7 Å². The van der Waals surface area contributed by atoms with E-state index < -0.39 is 21.7 Å². The SMILES string of the molecule is CNS(=O)(=O)c1cc(NC(=O)CCc2ncc(-c3ccc(F)cc3F)o2)ccc1C. The standard InChI is InChI=1S/C20H19F2N3O4S/c1-12-3-5-14(10-18(12)30(27,28)23-2)25-19(26)7-8-20-24-11-17(29-20)15-6-4-13(21)9-16(15)22/h3-6,9-11,23H,7-8H2,1-2H3,(H,25,26). The highest BCUT2D eigenvalue weighted by atomic mass is 32.2. The smallest absolute Gasteiger partial charge is 0.240 e. The van der Waals surface area contributed by atoms with Crippen molar-refractivity contribution in [2.24, 2.45) is 0 Å². The van der Waals surface area contributed by atoms with E-state index in [1.807, 2.05) is 0 Å². The number of nitrogens with zero attached hydrogens (tertiary/aromatic N) is 1. The highest BCUT2D eigenvalue weighted by molar-refractivity contribution is 7.89. The number of benzene rings is 2. The summed E-state index contributed by atoms with van der Waals surface area (Å²) in [5.74, 6) is -1.51. The van der Waals surface area contributed by atoms with Crippen LogP contribution < -0.4 is 10.0 Å². The summed E-state index contributed by atoms with van der Waals surface area (Å²) in [5, 5.41) is 2.63. The Morgan fingerprint density at radius 3 is 2.63 bits per heavy atom. The van der Waals surface area contributed by atoms with Crippen LogP contribution in [0.1, 0.15) is 17.9 Å². The van der Waals surface area contributed by atoms with Gasteiger partial charge in [0.05, 0.1) is 16.7 Å². The first-order valence-electron chi connectivity index (χ1n) is 8.94. The zero-order valence-electron chi connectivity index (χ0n) is 16.2. The van der Waals surface area contributed by atoms with Crippen LogP contribution in [0.2, 0.25) is 0 Å². The first kappa shape index (κ1) is 21.6. The van der Waals surface area contributed by atoms with Gasteiger partial charge in [-0.15, -0.1) is 0 Å². The molecule has 3 rings (SSSR count). The maximum absolute atomic E-state index is 13.8. The lowest BCUT2D eigenvalue weighted by atomic mass is 10.2. The van der Waals surface area contributed by atoms with Gasteiger partial charge >= 0.3 is 0 Å². The van der Waals surface area contributed by atoms with E-state index in [1.165, 1.54) is 25.4 Å². The molecule has 1 amide bonds. The number of nitrogens with one attached hydrogen (secondary N) is 2. The van der Waals surface area contributed by atoms with Crippen LogP contribution in [0.15, 0.2) is 51.9 Å². The summed E-state index contributed by atoms with van der Waals surface area (Å²) in [6, 6.07) is 7.67. The van der Waals surface area contributed by atoms with Gasteiger partial charge in [0.2, 0.25) is 15.9 Å². The quantitative estimate of drug-likeness (QED) is 0.592. The maximum atomic E-state index is 13.8. The predicted octanol–water partition coefficient (Wildman–Crippen LogP) is 3.41. The van der Waals surface area contributed by atoms with Crippen LogP contribution in [0.4, 0.5) is 14.5 Å². The van der Waals surface area contributed by atoms with Gasteiger partial charge in [0.15, 0.2) is 11.7 Å². The summed E-state index contributed by atoms with van der Waals surface area (Å²) in [6.07, 6.45) is 1.45. The van der Waals surface area contributed by atoms with Crippen molar-refractivity contribution < 1.29 is 26.4 Å². The molecule has 30 heavy (non-hydrogen) atoms. The van der Waals surface area contributed by atoms with E-state index >= 15 is 0 Å². The van der Waals surface area contributed by atoms with Crippen molar-refractivity contribution in [3.8, 4) is 11.3 Å². The molecule has 0 bridgehead atoms. The van der Waals surface area contributed by atoms with E-state index in [1.54, 1.807) is 19.1 Å². The Hall–Kier alpha value is -3.11. The monoisotopic (exact) mass is 435 g/mol. The van der Waals surface area contributed by atoms with Crippen molar-refractivity contribution in [3.05, 3.63) is 65.7 Å². The molecular weight excluding hydrogens is 416 g/mol. The van der Waals surface area contributed by atoms with Gasteiger partial charge < -0.3 is 9.73 Å². The molecule has 0 atom stereocenters. The van der Waals surface area contributed by atoms with Gasteiger partial charge in [0, 0.05) is 24.6 Å². The third-order valence-electron chi connectivity index (χ3n) is 4.35. The van der Waals surface area contributed by atoms with E-state index in [-0.39, 0.29) is 40.9 Å². The number of carbonyl (C=O) groups excluding carboxylic acids is 1. The van der Waals surface area contributed by atoms with E-state index in [0.29, 0.717) is 11.3 Å². The number of amides is 1. The number of anilines is 1. The summed E-state index contributed by atoms with van der Waals surface area (Å²) in [4.78, 5) is 16.3. The van der Waals surface area contributed by atoms with Crippen LogP contribution in [0.25, 0.3) is 11.3 Å². The number of rotatable bonds is 7. The topological polar surface area (TPSA) is 101 Å². The molecule has 0 saturated carbocycles. The summed E-state index contributed by atoms with van der Waals surface area (Å²) >= 11 is 0. The molecule has 0 spiro atoms. The van der Waals surface area contributed by atoms with Crippen LogP contribution in [0.5, 0.6) is 0 Å². The minimum absolute atomic E-state index is 0.00778. The van der Waals surface area contributed by atoms with Gasteiger partial charge in [0.25, 0.3) is 0 Å². The summed E-state index contributed by atoms with van der Waals surface area (Å²) in [5.41, 5.74) is 0.945. The zero-order chi connectivity index (χ0) is 21.9. The molecule has 2 N–H and O–H groups in total. The van der Waals surface area contributed by atoms with Crippen LogP contribution >= 0.6 is 0 Å². The Morgan fingerprint density at radius 2 is 1.93 bits per heavy atom. The molecule has 0 saturated heterocycles. The van der Waals surface area contributed by atoms with Crippen molar-refractivity contribution in [3.63, 3.8) is 0 Å². The van der Waals surface area contributed by atoms with Gasteiger partial charge in [-0.05, 0) is 43.8 Å². The predicted molar refractivity (Wildman–Crippen MR) is 106 cm³/mol. The molecule has 158 valence electrons. The normalized spacial score (nSPS) is 11.5. The number of sulfonamides is 1. The van der Waals surface area contributed by atoms with Gasteiger partial charge in [0.1, 0.15) is 11.6 Å². The third-order valence-corrected chi connectivity index (χ3v) is 5.90. The van der Waals surface area contributed by atoms with Crippen LogP contribution in [-0.2, 0) is 21.2 Å². The van der Waals surface area contributed by atoms with Crippen LogP contribution in [0, 0.1) is 18.6 Å². The Kier molecular flexibility index (Phi) is 6.28. The highest BCUT2D eigenvalue weighted by Crippen LogP contribution is 2.25. The van der Waals surface area contributed by atoms with Crippen molar-refractivity contribution >= 4 is 21.6 Å². The van der Waals surface area contributed by atoms with Gasteiger partial charge in [-0.2, -0.15) is 0 Å². The van der Waals surface area contributed by atoms with Crippen molar-refractivity contribution in [1.29, 1.82) is 0 Å². The molecule has 2 aromatic carbocycles. The lowest BCUT2D eigenvalue weighted by Crippen LogP contribution is -2.20. The molecule has 3 aromatic rings. The number of halogens is 2. The van der Waals surface area contributed by atoms with Crippen molar-refractivity contribution in [1.82, 2.24) is 9.71 Å². The first-order valence-corrected chi connectivity index (χ1v) is 10.4. The summed E-state index contributed by atoms with van der Waals surface area (Å²) in [6.45, 7) is 1.65. The average molecular weight is 435 g/mol. The fourth-order valence-corrected chi connectivity index (χ4v) is 3.75. The second kappa shape index (κ2) is 8.72. The van der Waals surface area contributed by atoms with Crippen LogP contribution in [0.3, 0.4) is 0 Å². The van der Waals surface area contributed by atoms with Gasteiger partial charge in [-0.1, -0.05) is 6.07 Å². The van der Waals surface area contributed by atoms with E-state index in [9.17, 15) is 22.0 Å². The number of hydrogen-bond donors (Lipinski definition) is 2. The molecule has 10 heteroatoms. The number of aryl methyl sites for hydroxylation is 2. The molecular formula is C20H19F2N3O4S. The van der Waals surface area contributed by atoms with Crippen LogP contribution in [-0.4, -0.2) is 26.4 Å². The number of oxazole rings is 1. The van der Waals surface area contributed by atoms with Gasteiger partial charge in [-0.3, -0.25) is 4.79 Å². The van der Waals surface area contributed by atoms with E-state index in [0.717, 1.165) is 12.1 Å². The highest BCUT2D eigenvalue weighted by Gasteiger charge is 2.16. The molecule has 1 heterocycles. The number of hydrogen-bond acceptors (Lipinski definition) is 5. The second-order valence-electron chi connectivity index (χ2n) is 6.48. The minimum atomic E-state index is -3.65. The lowest BCUT2D eigenvalue weighted by Gasteiger charge is -2.10. The number of aromatic nitrogens is 1. The average Bonchev–Trinajstić information content (AvgIpc) is 3.16. The first-order chi connectivity index (χ1) is 14.2. The third kappa shape index (κ3) is 4.89. The molecule has 0 aliphatic heterocycles. The fourth-order valence-electron chi connectivity index (χ4n) is 2.76. The molecule has 0 radical (unpaired) electrons. The Labute approximate surface area is 172 Å². The molecule has 0 aliphatic carbocycles. The zero-order valence-corrected chi connectivity index (χ0v) is 17.0. The van der Waals surface area contributed by atoms with E-state index in [4.69, 9.17) is 4.42 Å². The lowest BCUT2D eigenvalue weighted by molar-refractivity contribution is -0.116. The Balaban J connectivity index is 1.65. The Bertz CT molecular complexity index is 1190. The van der Waals surface area contributed by atoms with E-state index in [2.05, 4.69) is 15.0 Å². The van der Waals surface area contributed by atoms with Gasteiger partial charge in [-0.25, -0.2) is 26.9 Å². The minimum Gasteiger partial charge on any atom is -0.441 e. The maximum Gasteiger partial charge on any atom is 0.240 e. The van der Waals surface area contributed by atoms with Crippen molar-refractivity contribution in [2.75, 3.05) is 12.4 Å². The molecule has 7 nitrogen and oxygen atoms in total. The second-order valence-corrected chi connectivity index (χ2v) is 8.33. The fraction of sp³-hybridized carbons (Fsp3) is 0.200. The molecule has 0 aliphatic rings.